The maximum Gasteiger partial charge on any atom is 0.119 e. The van der Waals surface area contributed by atoms with E-state index in [4.69, 9.17) is 24.7 Å². The van der Waals surface area contributed by atoms with Crippen LogP contribution in [0.4, 0.5) is 10.1 Å². The number of anilines is 1. The maximum absolute atomic E-state index is 11.7. The molecule has 6 heteroatoms. The molecule has 0 amide bonds. The van der Waals surface area contributed by atoms with Crippen molar-refractivity contribution in [2.45, 2.75) is 0 Å². The molecule has 0 aliphatic rings. The van der Waals surface area contributed by atoms with Crippen molar-refractivity contribution in [3.63, 3.8) is 0 Å². The summed E-state index contributed by atoms with van der Waals surface area (Å²) in [6, 6.07) is 7.20. The van der Waals surface area contributed by atoms with Gasteiger partial charge in [-0.1, -0.05) is 0 Å². The lowest BCUT2D eigenvalue weighted by atomic mass is 10.3. The third-order valence-electron chi connectivity index (χ3n) is 2.34. The average Bonchev–Trinajstić information content (AvgIpc) is 2.47. The van der Waals surface area contributed by atoms with Gasteiger partial charge in [-0.25, -0.2) is 4.39 Å². The van der Waals surface area contributed by atoms with E-state index < -0.39 is 6.67 Å². The van der Waals surface area contributed by atoms with E-state index in [1.807, 2.05) is 12.1 Å². The zero-order valence-corrected chi connectivity index (χ0v) is 11.6. The van der Waals surface area contributed by atoms with Gasteiger partial charge >= 0.3 is 0 Å². The highest BCUT2D eigenvalue weighted by Crippen LogP contribution is 2.12. The van der Waals surface area contributed by atoms with E-state index in [-0.39, 0.29) is 6.61 Å². The van der Waals surface area contributed by atoms with Crippen LogP contribution in [0, 0.1) is 0 Å². The van der Waals surface area contributed by atoms with Crippen molar-refractivity contribution in [3.8, 4) is 5.75 Å². The van der Waals surface area contributed by atoms with Gasteiger partial charge < -0.3 is 24.7 Å². The summed E-state index contributed by atoms with van der Waals surface area (Å²) in [6.45, 7) is 2.47. The minimum atomic E-state index is -0.461. The fourth-order valence-corrected chi connectivity index (χ4v) is 1.38. The lowest BCUT2D eigenvalue weighted by Gasteiger charge is -2.08. The highest BCUT2D eigenvalue weighted by atomic mass is 19.1. The number of hydrogen-bond acceptors (Lipinski definition) is 5. The fourth-order valence-electron chi connectivity index (χ4n) is 1.38. The average molecular weight is 287 g/mol. The van der Waals surface area contributed by atoms with Crippen LogP contribution in [0.25, 0.3) is 0 Å². The Kier molecular flexibility index (Phi) is 9.56. The molecule has 1 aromatic rings. The molecule has 0 saturated carbocycles. The summed E-state index contributed by atoms with van der Waals surface area (Å²) in [5, 5.41) is 0. The number of benzene rings is 1. The minimum Gasteiger partial charge on any atom is -0.491 e. The lowest BCUT2D eigenvalue weighted by molar-refractivity contribution is 0.00750. The van der Waals surface area contributed by atoms with E-state index in [1.54, 1.807) is 12.1 Å². The van der Waals surface area contributed by atoms with Gasteiger partial charge in [-0.05, 0) is 24.3 Å². The van der Waals surface area contributed by atoms with E-state index in [2.05, 4.69) is 0 Å². The van der Waals surface area contributed by atoms with Crippen molar-refractivity contribution in [2.75, 3.05) is 58.7 Å². The zero-order chi connectivity index (χ0) is 14.5. The molecule has 0 aliphatic heterocycles. The van der Waals surface area contributed by atoms with Crippen LogP contribution in [0.1, 0.15) is 0 Å². The molecule has 0 unspecified atom stereocenters. The monoisotopic (exact) mass is 287 g/mol. The third kappa shape index (κ3) is 8.68. The Morgan fingerprint density at radius 3 is 1.80 bits per heavy atom. The summed E-state index contributed by atoms with van der Waals surface area (Å²) in [4.78, 5) is 0. The molecule has 0 radical (unpaired) electrons. The predicted octanol–water partition coefficient (Wildman–Crippen LogP) is 1.67. The molecular formula is C14H22FNO4. The molecule has 0 heterocycles. The smallest absolute Gasteiger partial charge is 0.119 e. The van der Waals surface area contributed by atoms with Crippen molar-refractivity contribution < 1.29 is 23.3 Å². The van der Waals surface area contributed by atoms with E-state index in [0.29, 0.717) is 45.3 Å². The second kappa shape index (κ2) is 11.5. The molecule has 1 aromatic carbocycles. The molecule has 1 rings (SSSR count). The largest absolute Gasteiger partial charge is 0.491 e. The fraction of sp³-hybridized carbons (Fsp3) is 0.571. The molecule has 0 saturated heterocycles. The number of alkyl halides is 1. The first-order chi connectivity index (χ1) is 9.83. The lowest BCUT2D eigenvalue weighted by Crippen LogP contribution is -2.13. The van der Waals surface area contributed by atoms with Gasteiger partial charge in [-0.15, -0.1) is 0 Å². The molecule has 2 N–H and O–H groups in total. The quantitative estimate of drug-likeness (QED) is 0.468. The summed E-state index contributed by atoms with van der Waals surface area (Å²) in [7, 11) is 0. The predicted molar refractivity (Wildman–Crippen MR) is 74.8 cm³/mol. The summed E-state index contributed by atoms with van der Waals surface area (Å²) >= 11 is 0. The van der Waals surface area contributed by atoms with E-state index in [1.165, 1.54) is 0 Å². The topological polar surface area (TPSA) is 62.9 Å². The Balaban J connectivity index is 1.84. The Labute approximate surface area is 118 Å². The van der Waals surface area contributed by atoms with Gasteiger partial charge in [0.2, 0.25) is 0 Å². The molecule has 0 bridgehead atoms. The third-order valence-corrected chi connectivity index (χ3v) is 2.34. The van der Waals surface area contributed by atoms with Crippen LogP contribution >= 0.6 is 0 Å². The molecule has 0 aliphatic carbocycles. The Hall–Kier alpha value is -1.37. The van der Waals surface area contributed by atoms with Crippen molar-refractivity contribution in [2.24, 2.45) is 0 Å². The van der Waals surface area contributed by atoms with Crippen molar-refractivity contribution in [1.82, 2.24) is 0 Å². The molecule has 114 valence electrons. The molecule has 0 fully saturated rings. The minimum absolute atomic E-state index is 0.127. The zero-order valence-electron chi connectivity index (χ0n) is 11.6. The van der Waals surface area contributed by atoms with E-state index in [9.17, 15) is 4.39 Å². The molecule has 0 aromatic heterocycles. The van der Waals surface area contributed by atoms with Crippen LogP contribution in [0.2, 0.25) is 0 Å². The summed E-state index contributed by atoms with van der Waals surface area (Å²) < 4.78 is 32.6. The number of hydrogen-bond donors (Lipinski definition) is 1. The van der Waals surface area contributed by atoms with E-state index >= 15 is 0 Å². The van der Waals surface area contributed by atoms with Crippen LogP contribution in [0.5, 0.6) is 5.75 Å². The Morgan fingerprint density at radius 1 is 0.750 bits per heavy atom. The van der Waals surface area contributed by atoms with Crippen LogP contribution in [-0.4, -0.2) is 52.9 Å². The summed E-state index contributed by atoms with van der Waals surface area (Å²) in [6.07, 6.45) is 0. The summed E-state index contributed by atoms with van der Waals surface area (Å²) in [5.74, 6) is 0.768. The second-order valence-electron chi connectivity index (χ2n) is 3.94. The van der Waals surface area contributed by atoms with Gasteiger partial charge in [0.15, 0.2) is 0 Å². The number of ether oxygens (including phenoxy) is 4. The molecule has 20 heavy (non-hydrogen) atoms. The van der Waals surface area contributed by atoms with Crippen molar-refractivity contribution >= 4 is 5.69 Å². The Morgan fingerprint density at radius 2 is 1.25 bits per heavy atom. The van der Waals surface area contributed by atoms with Gasteiger partial charge in [0, 0.05) is 5.69 Å². The summed E-state index contributed by atoms with van der Waals surface area (Å²) in [5.41, 5.74) is 6.28. The molecule has 0 spiro atoms. The number of nitrogen functional groups attached to an aromatic ring is 1. The second-order valence-corrected chi connectivity index (χ2v) is 3.94. The normalized spacial score (nSPS) is 10.7. The van der Waals surface area contributed by atoms with Crippen LogP contribution in [-0.2, 0) is 14.2 Å². The maximum atomic E-state index is 11.7. The van der Waals surface area contributed by atoms with Gasteiger partial charge in [0.1, 0.15) is 19.0 Å². The van der Waals surface area contributed by atoms with Crippen molar-refractivity contribution in [3.05, 3.63) is 24.3 Å². The van der Waals surface area contributed by atoms with Crippen LogP contribution in [0.3, 0.4) is 0 Å². The number of nitrogens with two attached hydrogens (primary N) is 1. The highest BCUT2D eigenvalue weighted by Gasteiger charge is 1.94. The first-order valence-electron chi connectivity index (χ1n) is 6.60. The van der Waals surface area contributed by atoms with Gasteiger partial charge in [-0.2, -0.15) is 0 Å². The van der Waals surface area contributed by atoms with Gasteiger partial charge in [-0.3, -0.25) is 0 Å². The first kappa shape index (κ1) is 16.7. The molecular weight excluding hydrogens is 265 g/mol. The van der Waals surface area contributed by atoms with Crippen LogP contribution in [0.15, 0.2) is 24.3 Å². The first-order valence-corrected chi connectivity index (χ1v) is 6.60. The van der Waals surface area contributed by atoms with E-state index in [0.717, 1.165) is 5.75 Å². The SMILES string of the molecule is Nc1ccc(OCCOCCOCCOCCF)cc1. The van der Waals surface area contributed by atoms with Gasteiger partial charge in [0.25, 0.3) is 0 Å². The molecule has 0 atom stereocenters. The number of halogens is 1. The van der Waals surface area contributed by atoms with Crippen molar-refractivity contribution in [1.29, 1.82) is 0 Å². The molecule has 5 nitrogen and oxygen atoms in total. The number of rotatable bonds is 12. The van der Waals surface area contributed by atoms with Crippen LogP contribution < -0.4 is 10.5 Å². The van der Waals surface area contributed by atoms with Gasteiger partial charge in [0.05, 0.1) is 39.6 Å². The Bertz CT molecular complexity index is 334. The standard InChI is InChI=1S/C14H22FNO4/c15-5-6-17-7-8-18-9-10-19-11-12-20-14-3-1-13(16)2-4-14/h1-4H,5-12,16H2. The highest BCUT2D eigenvalue weighted by molar-refractivity contribution is 5.41.